The summed E-state index contributed by atoms with van der Waals surface area (Å²) < 4.78 is 116. The number of amides is 2. The van der Waals surface area contributed by atoms with Crippen molar-refractivity contribution in [2.45, 2.75) is 82.6 Å². The summed E-state index contributed by atoms with van der Waals surface area (Å²) in [6.07, 6.45) is -8.09. The molecule has 0 radical (unpaired) electrons. The summed E-state index contributed by atoms with van der Waals surface area (Å²) in [5.41, 5.74) is 2.21. The molecule has 13 nitrogen and oxygen atoms in total. The van der Waals surface area contributed by atoms with Crippen LogP contribution in [0.15, 0.2) is 60.0 Å². The number of ether oxygens (including phenoxy) is 1. The Morgan fingerprint density at radius 1 is 1.07 bits per heavy atom. The third-order valence-electron chi connectivity index (χ3n) is 9.51. The second-order valence-electron chi connectivity index (χ2n) is 14.0. The van der Waals surface area contributed by atoms with Gasteiger partial charge in [-0.05, 0) is 49.4 Å². The fourth-order valence-corrected chi connectivity index (χ4v) is 6.34. The van der Waals surface area contributed by atoms with Gasteiger partial charge in [0.05, 0.1) is 28.7 Å². The maximum Gasteiger partial charge on any atom is 0.408 e. The van der Waals surface area contributed by atoms with Gasteiger partial charge in [-0.3, -0.25) is 9.69 Å². The monoisotopic (exact) mass is 816 g/mol. The highest BCUT2D eigenvalue weighted by Crippen LogP contribution is 2.51. The van der Waals surface area contributed by atoms with Crippen molar-refractivity contribution in [3.8, 4) is 22.6 Å². The van der Waals surface area contributed by atoms with Gasteiger partial charge in [0.15, 0.2) is 17.3 Å². The topological polar surface area (TPSA) is 158 Å². The highest BCUT2D eigenvalue weighted by Gasteiger charge is 2.59. The summed E-state index contributed by atoms with van der Waals surface area (Å²) >= 11 is 6.36. The van der Waals surface area contributed by atoms with Crippen LogP contribution >= 0.6 is 11.6 Å². The molecule has 6 rings (SSSR count). The lowest BCUT2D eigenvalue weighted by atomic mass is 9.74. The zero-order valence-electron chi connectivity index (χ0n) is 29.6. The van der Waals surface area contributed by atoms with E-state index in [-0.39, 0.29) is 32.4 Å². The molecule has 22 heteroatoms. The van der Waals surface area contributed by atoms with Gasteiger partial charge in [-0.25, -0.2) is 14.8 Å². The van der Waals surface area contributed by atoms with Crippen molar-refractivity contribution in [1.29, 1.82) is 0 Å². The molecule has 3 heterocycles. The lowest BCUT2D eigenvalue weighted by molar-refractivity contribution is -0.218. The summed E-state index contributed by atoms with van der Waals surface area (Å²) in [6.45, 7) is -1.73. The Hall–Kier alpha value is -5.34. The fourth-order valence-electron chi connectivity index (χ4n) is 6.14. The molecule has 3 atom stereocenters. The maximum atomic E-state index is 14.9. The molecule has 1 aliphatic heterocycles. The minimum Gasteiger partial charge on any atom is -0.447 e. The van der Waals surface area contributed by atoms with Crippen LogP contribution < -0.4 is 11.1 Å². The third-order valence-corrected chi connectivity index (χ3v) is 9.84. The first kappa shape index (κ1) is 40.3. The van der Waals surface area contributed by atoms with Gasteiger partial charge < -0.3 is 15.8 Å². The lowest BCUT2D eigenvalue weighted by Crippen LogP contribution is -2.49. The predicted octanol–water partition coefficient (Wildman–Crippen LogP) is 7.34. The van der Waals surface area contributed by atoms with Crippen molar-refractivity contribution >= 4 is 29.6 Å². The Bertz CT molecular complexity index is 2130. The largest absolute Gasteiger partial charge is 0.447 e. The van der Waals surface area contributed by atoms with E-state index in [0.717, 1.165) is 37.9 Å². The van der Waals surface area contributed by atoms with Crippen LogP contribution in [0.1, 0.15) is 69.8 Å². The van der Waals surface area contributed by atoms with E-state index in [0.29, 0.717) is 18.2 Å². The van der Waals surface area contributed by atoms with Gasteiger partial charge in [-0.1, -0.05) is 55.8 Å². The number of carbonyl (C=O) groups excluding carboxylic acids is 2. The molecule has 3 N–H and O–H groups in total. The van der Waals surface area contributed by atoms with E-state index in [2.05, 4.69) is 25.3 Å². The number of aromatic nitrogens is 6. The number of hydrogen-bond donors (Lipinski definition) is 2. The average molecular weight is 817 g/mol. The molecule has 0 unspecified atom stereocenters. The average Bonchev–Trinajstić information content (AvgIpc) is 3.52. The SMILES string of the molecule is C[C@H](NC(=O)OC[C@H](c1ccc(Cl)c(-c2ncnn2C(F)F)c1)N1C(=O)[C@@](CC(C)(C)C(F)(F)F)(c2ccc(-c3cnn(C4CC4)n3)cc2)N=C1N)C(F)(F)F. The zero-order valence-corrected chi connectivity index (χ0v) is 30.4. The predicted molar refractivity (Wildman–Crippen MR) is 183 cm³/mol. The number of guanidine groups is 1. The van der Waals surface area contributed by atoms with Crippen LogP contribution in [0.3, 0.4) is 0 Å². The second kappa shape index (κ2) is 14.6. The normalized spacial score (nSPS) is 19.0. The van der Waals surface area contributed by atoms with Crippen LogP contribution in [-0.4, -0.2) is 77.6 Å². The quantitative estimate of drug-likeness (QED) is 0.141. The Balaban J connectivity index is 1.43. The molecular weight excluding hydrogens is 784 g/mol. The van der Waals surface area contributed by atoms with E-state index >= 15 is 0 Å². The van der Waals surface area contributed by atoms with Crippen molar-refractivity contribution in [3.05, 3.63) is 71.1 Å². The number of hydrogen-bond acceptors (Lipinski definition) is 9. The van der Waals surface area contributed by atoms with Gasteiger partial charge in [0, 0.05) is 11.1 Å². The molecule has 2 aromatic heterocycles. The second-order valence-corrected chi connectivity index (χ2v) is 14.4. The molecule has 0 spiro atoms. The summed E-state index contributed by atoms with van der Waals surface area (Å²) in [5, 5.41) is 13.7. The van der Waals surface area contributed by atoms with Crippen LogP contribution in [0.5, 0.6) is 0 Å². The minimum atomic E-state index is -4.86. The molecule has 300 valence electrons. The highest BCUT2D eigenvalue weighted by atomic mass is 35.5. The van der Waals surface area contributed by atoms with Gasteiger partial charge in [-0.15, -0.1) is 0 Å². The Morgan fingerprint density at radius 2 is 1.75 bits per heavy atom. The number of rotatable bonds is 12. The van der Waals surface area contributed by atoms with E-state index in [4.69, 9.17) is 22.1 Å². The molecule has 4 aromatic rings. The Morgan fingerprint density at radius 3 is 2.36 bits per heavy atom. The number of nitrogens with one attached hydrogen (secondary N) is 1. The van der Waals surface area contributed by atoms with E-state index in [1.54, 1.807) is 10.1 Å². The molecule has 1 fully saturated rings. The molecule has 2 aliphatic rings. The minimum absolute atomic E-state index is 0.0122. The van der Waals surface area contributed by atoms with Crippen LogP contribution in [0.25, 0.3) is 22.6 Å². The van der Waals surface area contributed by atoms with Gasteiger partial charge in [0.1, 0.15) is 24.7 Å². The van der Waals surface area contributed by atoms with Crippen molar-refractivity contribution in [2.24, 2.45) is 16.1 Å². The van der Waals surface area contributed by atoms with Crippen molar-refractivity contribution in [3.63, 3.8) is 0 Å². The van der Waals surface area contributed by atoms with Crippen LogP contribution in [0.2, 0.25) is 5.02 Å². The summed E-state index contributed by atoms with van der Waals surface area (Å²) in [7, 11) is 0. The standard InChI is InChI=1S/C34H33ClF8N10O3/c1-17(33(38,39)40)48-30(55)56-14-25(19-6-11-23(35)22(12-19)26-45-16-47-52(26)28(36)37)51-27(54)32(49-29(51)44,15-31(2,3)34(41,42)43)20-7-4-18(5-8-20)24-13-46-53(50-24)21-9-10-21/h4-8,11-13,16-17,21,25,28H,9-10,14-15H2,1-3H3,(H2,44,49)(H,48,55)/t17-,25+,32+/m0/s1. The van der Waals surface area contributed by atoms with Gasteiger partial charge in [0.2, 0.25) is 0 Å². The van der Waals surface area contributed by atoms with Gasteiger partial charge in [0.25, 0.3) is 5.91 Å². The summed E-state index contributed by atoms with van der Waals surface area (Å²) in [4.78, 5) is 38.0. The molecule has 1 aliphatic carbocycles. The molecule has 56 heavy (non-hydrogen) atoms. The summed E-state index contributed by atoms with van der Waals surface area (Å²) in [6, 6.07) is 5.67. The van der Waals surface area contributed by atoms with Crippen LogP contribution in [-0.2, 0) is 15.1 Å². The number of nitrogens with two attached hydrogens (primary N) is 1. The molecule has 0 saturated heterocycles. The molecule has 2 aromatic carbocycles. The number of aliphatic imine (C=N–C) groups is 1. The van der Waals surface area contributed by atoms with Crippen molar-refractivity contribution in [2.75, 3.05) is 6.61 Å². The number of halogens is 9. The van der Waals surface area contributed by atoms with Crippen molar-refractivity contribution in [1.82, 2.24) is 40.0 Å². The maximum absolute atomic E-state index is 14.9. The van der Waals surface area contributed by atoms with E-state index in [9.17, 15) is 44.7 Å². The molecular formula is C34H33ClF8N10O3. The summed E-state index contributed by atoms with van der Waals surface area (Å²) in [5.74, 6) is -2.20. The lowest BCUT2D eigenvalue weighted by Gasteiger charge is -2.37. The van der Waals surface area contributed by atoms with Crippen molar-refractivity contribution < 1.29 is 49.4 Å². The molecule has 1 saturated carbocycles. The number of alkyl carbamates (subject to hydrolysis) is 1. The number of nitrogens with zero attached hydrogens (tertiary/aromatic N) is 8. The Kier molecular flexibility index (Phi) is 10.5. The number of carbonyl (C=O) groups is 2. The third kappa shape index (κ3) is 7.85. The Labute approximate surface area is 317 Å². The van der Waals surface area contributed by atoms with E-state index in [1.807, 2.05) is 0 Å². The first-order chi connectivity index (χ1) is 26.1. The first-order valence-corrected chi connectivity index (χ1v) is 17.3. The smallest absolute Gasteiger partial charge is 0.408 e. The van der Waals surface area contributed by atoms with Crippen LogP contribution in [0.4, 0.5) is 39.9 Å². The highest BCUT2D eigenvalue weighted by molar-refractivity contribution is 6.33. The number of alkyl halides is 8. The van der Waals surface area contributed by atoms with Gasteiger partial charge in [-0.2, -0.15) is 59.9 Å². The number of benzene rings is 2. The van der Waals surface area contributed by atoms with Crippen LogP contribution in [0, 0.1) is 5.41 Å². The molecule has 0 bridgehead atoms. The van der Waals surface area contributed by atoms with E-state index in [1.165, 1.54) is 48.7 Å². The van der Waals surface area contributed by atoms with E-state index < -0.39 is 78.8 Å². The fraction of sp³-hybridized carbons (Fsp3) is 0.441. The first-order valence-electron chi connectivity index (χ1n) is 16.9. The molecule has 2 amide bonds. The zero-order chi connectivity index (χ0) is 41.0. The van der Waals surface area contributed by atoms with Gasteiger partial charge >= 0.3 is 25.0 Å².